The molecule has 1 aliphatic heterocycles. The lowest BCUT2D eigenvalue weighted by Gasteiger charge is -2.16. The molecule has 4 heteroatoms. The van der Waals surface area contributed by atoms with E-state index in [1.807, 2.05) is 6.92 Å². The number of carbonyl (C=O) groups is 2. The Morgan fingerprint density at radius 1 is 1.71 bits per heavy atom. The van der Waals surface area contributed by atoms with Gasteiger partial charge in [-0.15, -0.1) is 0 Å². The van der Waals surface area contributed by atoms with Crippen LogP contribution in [0.3, 0.4) is 0 Å². The van der Waals surface area contributed by atoms with Crippen LogP contribution >= 0.6 is 0 Å². The van der Waals surface area contributed by atoms with Gasteiger partial charge in [-0.3, -0.25) is 4.79 Å². The smallest absolute Gasteiger partial charge is 0.347 e. The predicted octanol–water partition coefficient (Wildman–Crippen LogP) is 1.20. The highest BCUT2D eigenvalue weighted by molar-refractivity contribution is 5.94. The van der Waals surface area contributed by atoms with Gasteiger partial charge in [-0.2, -0.15) is 0 Å². The van der Waals surface area contributed by atoms with Crippen LogP contribution in [0.5, 0.6) is 0 Å². The van der Waals surface area contributed by atoms with Crippen LogP contribution in [-0.4, -0.2) is 24.5 Å². The number of unbranched alkanes of at least 4 members (excludes halogenated alkanes) is 1. The molecule has 0 aromatic heterocycles. The van der Waals surface area contributed by atoms with E-state index < -0.39 is 12.1 Å². The summed E-state index contributed by atoms with van der Waals surface area (Å²) in [5, 5.41) is 0. The third-order valence-corrected chi connectivity index (χ3v) is 1.89. The van der Waals surface area contributed by atoms with E-state index in [9.17, 15) is 9.59 Å². The summed E-state index contributed by atoms with van der Waals surface area (Å²) >= 11 is 0. The molecule has 0 saturated heterocycles. The van der Waals surface area contributed by atoms with Gasteiger partial charge in [0.1, 0.15) is 0 Å². The molecule has 1 atom stereocenters. The molecule has 14 heavy (non-hydrogen) atoms. The summed E-state index contributed by atoms with van der Waals surface area (Å²) in [4.78, 5) is 22.2. The Balaban J connectivity index is 2.30. The lowest BCUT2D eigenvalue weighted by molar-refractivity contribution is -0.156. The summed E-state index contributed by atoms with van der Waals surface area (Å²) in [5.74, 6) is -0.551. The fourth-order valence-electron chi connectivity index (χ4n) is 1.06. The van der Waals surface area contributed by atoms with E-state index in [0.29, 0.717) is 6.61 Å². The van der Waals surface area contributed by atoms with Crippen LogP contribution < -0.4 is 0 Å². The van der Waals surface area contributed by atoms with Gasteiger partial charge in [0.05, 0.1) is 19.3 Å². The molecule has 0 N–H and O–H groups in total. The molecule has 1 unspecified atom stereocenters. The molecule has 1 rings (SSSR count). The van der Waals surface area contributed by atoms with Gasteiger partial charge in [0.25, 0.3) is 0 Å². The Morgan fingerprint density at radius 3 is 3.14 bits per heavy atom. The lowest BCUT2D eigenvalue weighted by atomic mass is 10.1. The zero-order chi connectivity index (χ0) is 10.4. The molecule has 0 amide bonds. The van der Waals surface area contributed by atoms with Crippen molar-refractivity contribution >= 4 is 11.8 Å². The van der Waals surface area contributed by atoms with Crippen molar-refractivity contribution in [1.29, 1.82) is 0 Å². The minimum Gasteiger partial charge on any atom is -0.486 e. The van der Waals surface area contributed by atoms with Gasteiger partial charge in [0, 0.05) is 6.08 Å². The average Bonchev–Trinajstić information content (AvgIpc) is 2.18. The third kappa shape index (κ3) is 3.20. The minimum absolute atomic E-state index is 0.0848. The van der Waals surface area contributed by atoms with Crippen molar-refractivity contribution in [2.75, 3.05) is 6.61 Å². The molecular formula is C10H14O4. The molecule has 0 bridgehead atoms. The van der Waals surface area contributed by atoms with Gasteiger partial charge in [0.2, 0.25) is 6.10 Å². The Kier molecular flexibility index (Phi) is 4.16. The van der Waals surface area contributed by atoms with Gasteiger partial charge in [-0.25, -0.2) is 4.79 Å². The number of hydrogen-bond acceptors (Lipinski definition) is 4. The van der Waals surface area contributed by atoms with Crippen LogP contribution in [0, 0.1) is 0 Å². The highest BCUT2D eigenvalue weighted by Gasteiger charge is 2.25. The number of esters is 1. The van der Waals surface area contributed by atoms with Crippen molar-refractivity contribution in [2.45, 2.75) is 32.3 Å². The van der Waals surface area contributed by atoms with E-state index in [-0.39, 0.29) is 12.2 Å². The fourth-order valence-corrected chi connectivity index (χ4v) is 1.06. The maximum atomic E-state index is 11.3. The molecule has 0 aromatic rings. The minimum atomic E-state index is -0.746. The highest BCUT2D eigenvalue weighted by atomic mass is 16.6. The average molecular weight is 198 g/mol. The van der Waals surface area contributed by atoms with Crippen LogP contribution in [0.1, 0.15) is 26.2 Å². The van der Waals surface area contributed by atoms with E-state index in [4.69, 9.17) is 9.47 Å². The van der Waals surface area contributed by atoms with Crippen molar-refractivity contribution in [3.05, 3.63) is 12.3 Å². The van der Waals surface area contributed by atoms with Crippen molar-refractivity contribution in [2.24, 2.45) is 0 Å². The number of rotatable bonds is 4. The standard InChI is InChI=1S/C10H14O4/c1-2-3-5-14-10(12)9-7-8(11)4-6-13-9/h4,6,9H,2-3,5,7H2,1H3. The molecule has 1 aliphatic rings. The van der Waals surface area contributed by atoms with Crippen LogP contribution in [0.2, 0.25) is 0 Å². The quantitative estimate of drug-likeness (QED) is 0.503. The van der Waals surface area contributed by atoms with Crippen LogP contribution in [-0.2, 0) is 19.1 Å². The second-order valence-electron chi connectivity index (χ2n) is 3.12. The topological polar surface area (TPSA) is 52.6 Å². The van der Waals surface area contributed by atoms with E-state index >= 15 is 0 Å². The van der Waals surface area contributed by atoms with Gasteiger partial charge >= 0.3 is 5.97 Å². The van der Waals surface area contributed by atoms with Crippen LogP contribution in [0.25, 0.3) is 0 Å². The summed E-state index contributed by atoms with van der Waals surface area (Å²) in [6, 6.07) is 0. The van der Waals surface area contributed by atoms with Gasteiger partial charge in [0.15, 0.2) is 5.78 Å². The SMILES string of the molecule is CCCCOC(=O)C1CC(=O)C=CO1. The second kappa shape index (κ2) is 5.42. The highest BCUT2D eigenvalue weighted by Crippen LogP contribution is 2.09. The Bertz CT molecular complexity index is 245. The molecule has 78 valence electrons. The summed E-state index contributed by atoms with van der Waals surface area (Å²) in [7, 11) is 0. The normalized spacial score (nSPS) is 20.4. The van der Waals surface area contributed by atoms with Crippen molar-refractivity contribution in [3.8, 4) is 0 Å². The molecule has 4 nitrogen and oxygen atoms in total. The zero-order valence-electron chi connectivity index (χ0n) is 8.19. The molecule has 1 heterocycles. The van der Waals surface area contributed by atoms with E-state index in [1.54, 1.807) is 0 Å². The van der Waals surface area contributed by atoms with Gasteiger partial charge < -0.3 is 9.47 Å². The molecule has 0 aliphatic carbocycles. The number of ketones is 1. The summed E-state index contributed by atoms with van der Waals surface area (Å²) < 4.78 is 9.89. The summed E-state index contributed by atoms with van der Waals surface area (Å²) in [6.45, 7) is 2.41. The first-order valence-electron chi connectivity index (χ1n) is 4.75. The largest absolute Gasteiger partial charge is 0.486 e. The Hall–Kier alpha value is -1.32. The van der Waals surface area contributed by atoms with Crippen molar-refractivity contribution < 1.29 is 19.1 Å². The predicted molar refractivity (Wildman–Crippen MR) is 49.5 cm³/mol. The lowest BCUT2D eigenvalue weighted by Crippen LogP contribution is -2.29. The number of hydrogen-bond donors (Lipinski definition) is 0. The molecule has 0 spiro atoms. The molecule has 0 fully saturated rings. The van der Waals surface area contributed by atoms with Gasteiger partial charge in [-0.1, -0.05) is 13.3 Å². The number of carbonyl (C=O) groups excluding carboxylic acids is 2. The third-order valence-electron chi connectivity index (χ3n) is 1.89. The summed E-state index contributed by atoms with van der Waals surface area (Å²) in [6.07, 6.45) is 3.71. The Labute approximate surface area is 82.9 Å². The van der Waals surface area contributed by atoms with Crippen LogP contribution in [0.4, 0.5) is 0 Å². The van der Waals surface area contributed by atoms with Crippen LogP contribution in [0.15, 0.2) is 12.3 Å². The van der Waals surface area contributed by atoms with E-state index in [2.05, 4.69) is 0 Å². The zero-order valence-corrected chi connectivity index (χ0v) is 8.19. The molecule has 0 saturated carbocycles. The number of allylic oxidation sites excluding steroid dienone is 1. The first-order valence-corrected chi connectivity index (χ1v) is 4.75. The molecule has 0 aromatic carbocycles. The summed E-state index contributed by atoms with van der Waals surface area (Å²) in [5.41, 5.74) is 0. The molecule has 0 radical (unpaired) electrons. The van der Waals surface area contributed by atoms with E-state index in [0.717, 1.165) is 12.8 Å². The van der Waals surface area contributed by atoms with E-state index in [1.165, 1.54) is 12.3 Å². The molecular weight excluding hydrogens is 184 g/mol. The fraction of sp³-hybridized carbons (Fsp3) is 0.600. The maximum Gasteiger partial charge on any atom is 0.347 e. The van der Waals surface area contributed by atoms with Gasteiger partial charge in [-0.05, 0) is 6.42 Å². The Morgan fingerprint density at radius 2 is 2.50 bits per heavy atom. The van der Waals surface area contributed by atoms with Crippen molar-refractivity contribution in [1.82, 2.24) is 0 Å². The monoisotopic (exact) mass is 198 g/mol. The van der Waals surface area contributed by atoms with Crippen molar-refractivity contribution in [3.63, 3.8) is 0 Å². The second-order valence-corrected chi connectivity index (χ2v) is 3.12. The first kappa shape index (κ1) is 10.8. The number of ether oxygens (including phenoxy) is 2. The maximum absolute atomic E-state index is 11.3. The first-order chi connectivity index (χ1) is 6.74.